The van der Waals surface area contributed by atoms with Gasteiger partial charge in [-0.25, -0.2) is 4.39 Å². The molecule has 1 heterocycles. The van der Waals surface area contributed by atoms with E-state index in [1.165, 1.54) is 24.3 Å². The SMILES string of the molecule is O=C(Cc1ccc(F)cc1)Nc1ccc(C(F)(F)c2noc(C(F)(F)F)n2)cc1. The van der Waals surface area contributed by atoms with Crippen molar-refractivity contribution in [3.05, 3.63) is 77.2 Å². The fraction of sp³-hybridized carbons (Fsp3) is 0.167. The summed E-state index contributed by atoms with van der Waals surface area (Å²) in [5.74, 6) is -8.17. The molecule has 0 saturated heterocycles. The summed E-state index contributed by atoms with van der Waals surface area (Å²) in [6.07, 6.45) is -5.11. The average Bonchev–Trinajstić information content (AvgIpc) is 3.15. The molecule has 0 aliphatic rings. The van der Waals surface area contributed by atoms with Crippen molar-refractivity contribution in [1.29, 1.82) is 0 Å². The first-order valence-corrected chi connectivity index (χ1v) is 8.00. The molecule has 0 atom stereocenters. The van der Waals surface area contributed by atoms with Crippen LogP contribution in [-0.2, 0) is 23.3 Å². The third-order valence-corrected chi connectivity index (χ3v) is 3.76. The van der Waals surface area contributed by atoms with Crippen LogP contribution >= 0.6 is 0 Å². The van der Waals surface area contributed by atoms with Gasteiger partial charge in [-0.2, -0.15) is 26.9 Å². The van der Waals surface area contributed by atoms with E-state index in [9.17, 15) is 31.1 Å². The minimum atomic E-state index is -5.04. The van der Waals surface area contributed by atoms with Crippen molar-refractivity contribution in [2.24, 2.45) is 0 Å². The van der Waals surface area contributed by atoms with Crippen LogP contribution in [0.15, 0.2) is 53.1 Å². The number of carbonyl (C=O) groups is 1. The Bertz CT molecular complexity index is 998. The zero-order valence-corrected chi connectivity index (χ0v) is 14.3. The number of aromatic nitrogens is 2. The zero-order valence-electron chi connectivity index (χ0n) is 14.3. The summed E-state index contributed by atoms with van der Waals surface area (Å²) in [5, 5.41) is 5.17. The summed E-state index contributed by atoms with van der Waals surface area (Å²) >= 11 is 0. The van der Waals surface area contributed by atoms with Crippen molar-refractivity contribution in [1.82, 2.24) is 10.1 Å². The number of alkyl halides is 5. The summed E-state index contributed by atoms with van der Waals surface area (Å²) in [6, 6.07) is 9.38. The van der Waals surface area contributed by atoms with E-state index >= 15 is 0 Å². The highest BCUT2D eigenvalue weighted by Crippen LogP contribution is 2.36. The lowest BCUT2D eigenvalue weighted by atomic mass is 10.1. The molecule has 1 amide bonds. The van der Waals surface area contributed by atoms with Gasteiger partial charge in [0.25, 0.3) is 0 Å². The Labute approximate surface area is 159 Å². The zero-order chi connectivity index (χ0) is 21.2. The van der Waals surface area contributed by atoms with Crippen molar-refractivity contribution < 1.29 is 35.7 Å². The first-order valence-electron chi connectivity index (χ1n) is 8.00. The molecule has 1 aromatic heterocycles. The van der Waals surface area contributed by atoms with E-state index in [1.807, 2.05) is 0 Å². The van der Waals surface area contributed by atoms with Crippen molar-refractivity contribution in [3.8, 4) is 0 Å². The maximum Gasteiger partial charge on any atom is 0.471 e. The molecular weight excluding hydrogens is 404 g/mol. The standard InChI is InChI=1S/C18H11F6N3O2/c19-12-5-1-10(2-6-12)9-14(28)25-13-7-3-11(4-8-13)17(20,21)15-26-16(29-27-15)18(22,23)24/h1-8H,9H2,(H,25,28). The Kier molecular flexibility index (Phi) is 5.31. The topological polar surface area (TPSA) is 68.0 Å². The van der Waals surface area contributed by atoms with Gasteiger partial charge in [0.1, 0.15) is 5.82 Å². The van der Waals surface area contributed by atoms with E-state index in [2.05, 4.69) is 20.0 Å². The highest BCUT2D eigenvalue weighted by molar-refractivity contribution is 5.92. The van der Waals surface area contributed by atoms with Crippen LogP contribution in [0.2, 0.25) is 0 Å². The van der Waals surface area contributed by atoms with Crippen molar-refractivity contribution >= 4 is 11.6 Å². The predicted octanol–water partition coefficient (Wildman–Crippen LogP) is 4.55. The van der Waals surface area contributed by atoms with Gasteiger partial charge in [-0.3, -0.25) is 4.79 Å². The number of rotatable bonds is 5. The molecule has 0 fully saturated rings. The summed E-state index contributed by atoms with van der Waals surface area (Å²) in [4.78, 5) is 14.7. The lowest BCUT2D eigenvalue weighted by molar-refractivity contribution is -0.159. The second kappa shape index (κ2) is 7.57. The minimum absolute atomic E-state index is 0.0682. The molecule has 0 spiro atoms. The van der Waals surface area contributed by atoms with E-state index in [0.29, 0.717) is 5.56 Å². The minimum Gasteiger partial charge on any atom is -0.329 e. The first-order chi connectivity index (χ1) is 13.6. The number of hydrogen-bond acceptors (Lipinski definition) is 4. The Balaban J connectivity index is 1.69. The van der Waals surface area contributed by atoms with Gasteiger partial charge < -0.3 is 9.84 Å². The molecule has 1 N–H and O–H groups in total. The second-order valence-corrected chi connectivity index (χ2v) is 5.92. The summed E-state index contributed by atoms with van der Waals surface area (Å²) < 4.78 is 82.7. The van der Waals surface area contributed by atoms with E-state index in [1.54, 1.807) is 0 Å². The first kappa shape index (κ1) is 20.4. The van der Waals surface area contributed by atoms with Crippen LogP contribution in [0.3, 0.4) is 0 Å². The molecule has 0 aliphatic carbocycles. The fourth-order valence-corrected chi connectivity index (χ4v) is 2.35. The van der Waals surface area contributed by atoms with E-state index in [-0.39, 0.29) is 12.1 Å². The van der Waals surface area contributed by atoms with Crippen LogP contribution in [0.4, 0.5) is 32.0 Å². The smallest absolute Gasteiger partial charge is 0.329 e. The normalized spacial score (nSPS) is 12.1. The van der Waals surface area contributed by atoms with Gasteiger partial charge in [0.15, 0.2) is 0 Å². The summed E-state index contributed by atoms with van der Waals surface area (Å²) in [7, 11) is 0. The Morgan fingerprint density at radius 2 is 1.59 bits per heavy atom. The number of benzene rings is 2. The number of nitrogens with zero attached hydrogens (tertiary/aromatic N) is 2. The number of hydrogen-bond donors (Lipinski definition) is 1. The van der Waals surface area contributed by atoms with Crippen LogP contribution in [0.25, 0.3) is 0 Å². The van der Waals surface area contributed by atoms with Crippen LogP contribution in [0.1, 0.15) is 22.8 Å². The van der Waals surface area contributed by atoms with Gasteiger partial charge in [-0.15, -0.1) is 0 Å². The molecule has 5 nitrogen and oxygen atoms in total. The maximum absolute atomic E-state index is 14.3. The molecule has 0 aliphatic heterocycles. The number of carbonyl (C=O) groups excluding carboxylic acids is 1. The van der Waals surface area contributed by atoms with Gasteiger partial charge in [0.05, 0.1) is 6.42 Å². The van der Waals surface area contributed by atoms with Crippen LogP contribution < -0.4 is 5.32 Å². The lowest BCUT2D eigenvalue weighted by Gasteiger charge is -2.13. The monoisotopic (exact) mass is 415 g/mol. The molecule has 29 heavy (non-hydrogen) atoms. The molecule has 0 radical (unpaired) electrons. The number of nitrogens with one attached hydrogen (secondary N) is 1. The highest BCUT2D eigenvalue weighted by Gasteiger charge is 2.44. The Hall–Kier alpha value is -3.37. The van der Waals surface area contributed by atoms with Crippen LogP contribution in [-0.4, -0.2) is 16.0 Å². The number of halogens is 6. The molecule has 3 aromatic rings. The van der Waals surface area contributed by atoms with Crippen molar-refractivity contribution in [2.75, 3.05) is 5.32 Å². The van der Waals surface area contributed by atoms with Gasteiger partial charge in [-0.05, 0) is 29.8 Å². The number of amides is 1. The summed E-state index contributed by atoms with van der Waals surface area (Å²) in [6.45, 7) is 0. The van der Waals surface area contributed by atoms with Crippen molar-refractivity contribution in [3.63, 3.8) is 0 Å². The lowest BCUT2D eigenvalue weighted by Crippen LogP contribution is -2.18. The second-order valence-electron chi connectivity index (χ2n) is 5.92. The molecular formula is C18H11F6N3O2. The quantitative estimate of drug-likeness (QED) is 0.621. The molecule has 0 bridgehead atoms. The van der Waals surface area contributed by atoms with E-state index in [0.717, 1.165) is 24.3 Å². The molecule has 11 heteroatoms. The van der Waals surface area contributed by atoms with E-state index < -0.39 is 41.1 Å². The molecule has 0 saturated carbocycles. The van der Waals surface area contributed by atoms with Gasteiger partial charge in [0.2, 0.25) is 11.7 Å². The van der Waals surface area contributed by atoms with E-state index in [4.69, 9.17) is 0 Å². The average molecular weight is 415 g/mol. The number of anilines is 1. The van der Waals surface area contributed by atoms with Gasteiger partial charge >= 0.3 is 18.0 Å². The third-order valence-electron chi connectivity index (χ3n) is 3.76. The molecule has 3 rings (SSSR count). The largest absolute Gasteiger partial charge is 0.471 e. The molecule has 0 unspecified atom stereocenters. The predicted molar refractivity (Wildman–Crippen MR) is 87.5 cm³/mol. The molecule has 2 aromatic carbocycles. The highest BCUT2D eigenvalue weighted by atomic mass is 19.4. The van der Waals surface area contributed by atoms with Gasteiger partial charge in [-0.1, -0.05) is 29.4 Å². The third kappa shape index (κ3) is 4.73. The Morgan fingerprint density at radius 3 is 2.14 bits per heavy atom. The Morgan fingerprint density at radius 1 is 0.966 bits per heavy atom. The van der Waals surface area contributed by atoms with Crippen LogP contribution in [0, 0.1) is 5.82 Å². The molecule has 152 valence electrons. The van der Waals surface area contributed by atoms with Crippen molar-refractivity contribution in [2.45, 2.75) is 18.5 Å². The maximum atomic E-state index is 14.3. The summed E-state index contributed by atoms with van der Waals surface area (Å²) in [5.41, 5.74) is 0.0361. The van der Waals surface area contributed by atoms with Gasteiger partial charge in [0, 0.05) is 11.3 Å². The van der Waals surface area contributed by atoms with Crippen LogP contribution in [0.5, 0.6) is 0 Å². The fourth-order valence-electron chi connectivity index (χ4n) is 2.35.